The van der Waals surface area contributed by atoms with Crippen molar-refractivity contribution in [2.75, 3.05) is 0 Å². The minimum Gasteiger partial charge on any atom is -0.309 e. The zero-order chi connectivity index (χ0) is 33.5. The minimum atomic E-state index is 0.730. The molecule has 5 nitrogen and oxygen atoms in total. The van der Waals surface area contributed by atoms with Gasteiger partial charge in [0.25, 0.3) is 0 Å². The van der Waals surface area contributed by atoms with Crippen LogP contribution in [0.4, 0.5) is 0 Å². The van der Waals surface area contributed by atoms with Crippen LogP contribution in [0.1, 0.15) is 11.3 Å². The van der Waals surface area contributed by atoms with E-state index in [2.05, 4.69) is 167 Å². The van der Waals surface area contributed by atoms with Gasteiger partial charge in [-0.05, 0) is 71.8 Å². The van der Waals surface area contributed by atoms with Gasteiger partial charge in [-0.1, -0.05) is 97.1 Å². The quantitative estimate of drug-likeness (QED) is 0.190. The maximum Gasteiger partial charge on any atom is 0.0936 e. The number of hydrogen-bond acceptors (Lipinski definition) is 3. The molecule has 51 heavy (non-hydrogen) atoms. The second kappa shape index (κ2) is 10.8. The van der Waals surface area contributed by atoms with Crippen LogP contribution in [0.3, 0.4) is 0 Å². The first kappa shape index (κ1) is 28.0. The van der Waals surface area contributed by atoms with E-state index < -0.39 is 0 Å². The van der Waals surface area contributed by atoms with E-state index in [0.717, 1.165) is 57.1 Å². The number of fused-ring (bicyclic) bond motifs is 9. The van der Waals surface area contributed by atoms with Crippen molar-refractivity contribution in [3.63, 3.8) is 0 Å². The Kier molecular flexibility index (Phi) is 5.95. The summed E-state index contributed by atoms with van der Waals surface area (Å²) in [6.45, 7) is 0. The molecule has 0 bridgehead atoms. The van der Waals surface area contributed by atoms with Crippen LogP contribution in [0.5, 0.6) is 0 Å². The zero-order valence-electron chi connectivity index (χ0n) is 27.5. The molecule has 1 aliphatic rings. The van der Waals surface area contributed by atoms with E-state index in [1.54, 1.807) is 0 Å². The Hall–Kier alpha value is -6.85. The Bertz CT molecular complexity index is 2790. The number of hydrogen-bond donors (Lipinski definition) is 0. The molecule has 0 aliphatic heterocycles. The first-order chi connectivity index (χ1) is 25.3. The first-order valence-corrected chi connectivity index (χ1v) is 17.3. The normalized spacial score (nSPS) is 12.2. The molecule has 0 spiro atoms. The summed E-state index contributed by atoms with van der Waals surface area (Å²) < 4.78 is 4.70. The van der Waals surface area contributed by atoms with Gasteiger partial charge in [0.1, 0.15) is 0 Å². The lowest BCUT2D eigenvalue weighted by atomic mass is 10.0. The van der Waals surface area contributed by atoms with Crippen molar-refractivity contribution in [2.45, 2.75) is 6.42 Å². The molecule has 5 heteroatoms. The molecule has 4 heterocycles. The standard InChI is InChI=1S/C46H29N5/c1-3-11-32(12-4-1)50-43-17-9-7-15-34(43)36-21-19-29(24-45(36)50)40-26-38-31(28-47-40)23-42-39(38)27-41(48-49-42)30-20-22-37-35-16-8-10-18-44(35)51(46(37)25-30)33-13-5-2-6-14-33/h1-22,24-28H,23H2. The smallest absolute Gasteiger partial charge is 0.0936 e. The SMILES string of the molecule is c1ccc(-n2c3ccccc3c3ccc(-c4cc5c(cn4)Cc4nnc(-c6ccc7c8ccccc8n(-c8ccccc8)c7c6)cc4-5)cc32)cc1. The fraction of sp³-hybridized carbons (Fsp3) is 0.0217. The van der Waals surface area contributed by atoms with E-state index in [1.165, 1.54) is 49.2 Å². The van der Waals surface area contributed by atoms with Crippen LogP contribution in [-0.4, -0.2) is 24.3 Å². The highest BCUT2D eigenvalue weighted by molar-refractivity contribution is 6.11. The summed E-state index contributed by atoms with van der Waals surface area (Å²) in [5.74, 6) is 0. The van der Waals surface area contributed by atoms with Gasteiger partial charge in [0.15, 0.2) is 0 Å². The first-order valence-electron chi connectivity index (χ1n) is 17.3. The van der Waals surface area contributed by atoms with E-state index in [1.807, 2.05) is 6.20 Å². The fourth-order valence-corrected chi connectivity index (χ4v) is 8.11. The number of pyridine rings is 1. The summed E-state index contributed by atoms with van der Waals surface area (Å²) in [4.78, 5) is 4.98. The third-order valence-corrected chi connectivity index (χ3v) is 10.5. The summed E-state index contributed by atoms with van der Waals surface area (Å²) in [5.41, 5.74) is 15.4. The minimum absolute atomic E-state index is 0.730. The Morgan fingerprint density at radius 1 is 0.412 bits per heavy atom. The molecule has 0 atom stereocenters. The van der Waals surface area contributed by atoms with Crippen LogP contribution < -0.4 is 0 Å². The Morgan fingerprint density at radius 2 is 0.922 bits per heavy atom. The van der Waals surface area contributed by atoms with Crippen molar-refractivity contribution in [1.29, 1.82) is 0 Å². The van der Waals surface area contributed by atoms with Crippen molar-refractivity contribution < 1.29 is 0 Å². The van der Waals surface area contributed by atoms with Crippen molar-refractivity contribution in [3.05, 3.63) is 175 Å². The highest BCUT2D eigenvalue weighted by atomic mass is 15.1. The molecule has 0 fully saturated rings. The van der Waals surface area contributed by atoms with Gasteiger partial charge < -0.3 is 9.13 Å². The van der Waals surface area contributed by atoms with Gasteiger partial charge in [0.05, 0.1) is 39.1 Å². The van der Waals surface area contributed by atoms with Gasteiger partial charge in [-0.25, -0.2) is 0 Å². The molecule has 0 saturated heterocycles. The molecule has 0 N–H and O–H groups in total. The Morgan fingerprint density at radius 3 is 1.53 bits per heavy atom. The summed E-state index contributed by atoms with van der Waals surface area (Å²) >= 11 is 0. The zero-order valence-corrected chi connectivity index (χ0v) is 27.5. The third kappa shape index (κ3) is 4.25. The van der Waals surface area contributed by atoms with Crippen LogP contribution in [0, 0.1) is 0 Å². The van der Waals surface area contributed by atoms with Crippen molar-refractivity contribution in [3.8, 4) is 45.0 Å². The average Bonchev–Trinajstić information content (AvgIpc) is 3.85. The third-order valence-electron chi connectivity index (χ3n) is 10.5. The van der Waals surface area contributed by atoms with E-state index in [0.29, 0.717) is 0 Å². The molecule has 4 aromatic heterocycles. The lowest BCUT2D eigenvalue weighted by molar-refractivity contribution is 0.963. The predicted molar refractivity (Wildman–Crippen MR) is 208 cm³/mol. The molecular weight excluding hydrogens is 623 g/mol. The summed E-state index contributed by atoms with van der Waals surface area (Å²) in [6.07, 6.45) is 2.75. The summed E-state index contributed by atoms with van der Waals surface area (Å²) in [7, 11) is 0. The number of benzene rings is 6. The number of nitrogens with zero attached hydrogens (tertiary/aromatic N) is 5. The highest BCUT2D eigenvalue weighted by Crippen LogP contribution is 2.41. The van der Waals surface area contributed by atoms with Crippen LogP contribution in [0.15, 0.2) is 164 Å². The molecule has 0 saturated carbocycles. The molecule has 6 aromatic carbocycles. The molecule has 10 aromatic rings. The van der Waals surface area contributed by atoms with Crippen LogP contribution in [-0.2, 0) is 6.42 Å². The topological polar surface area (TPSA) is 48.5 Å². The summed E-state index contributed by atoms with van der Waals surface area (Å²) in [6, 6.07) is 56.2. The van der Waals surface area contributed by atoms with E-state index in [9.17, 15) is 0 Å². The maximum absolute atomic E-state index is 4.98. The van der Waals surface area contributed by atoms with Gasteiger partial charge in [-0.2, -0.15) is 10.2 Å². The monoisotopic (exact) mass is 651 g/mol. The molecule has 0 unspecified atom stereocenters. The van der Waals surface area contributed by atoms with Gasteiger partial charge in [-0.15, -0.1) is 0 Å². The predicted octanol–water partition coefficient (Wildman–Crippen LogP) is 11.0. The van der Waals surface area contributed by atoms with Gasteiger partial charge in [0, 0.05) is 62.2 Å². The van der Waals surface area contributed by atoms with E-state index >= 15 is 0 Å². The molecule has 238 valence electrons. The van der Waals surface area contributed by atoms with Crippen molar-refractivity contribution in [1.82, 2.24) is 24.3 Å². The second-order valence-corrected chi connectivity index (χ2v) is 13.3. The van der Waals surface area contributed by atoms with Crippen molar-refractivity contribution in [2.24, 2.45) is 0 Å². The largest absolute Gasteiger partial charge is 0.309 e. The van der Waals surface area contributed by atoms with Crippen LogP contribution >= 0.6 is 0 Å². The molecular formula is C46H29N5. The Labute approximate surface area is 293 Å². The van der Waals surface area contributed by atoms with Crippen LogP contribution in [0.25, 0.3) is 88.6 Å². The van der Waals surface area contributed by atoms with E-state index in [-0.39, 0.29) is 0 Å². The second-order valence-electron chi connectivity index (χ2n) is 13.3. The van der Waals surface area contributed by atoms with E-state index in [4.69, 9.17) is 15.2 Å². The van der Waals surface area contributed by atoms with Crippen molar-refractivity contribution >= 4 is 43.6 Å². The lowest BCUT2D eigenvalue weighted by Gasteiger charge is -2.10. The highest BCUT2D eigenvalue weighted by Gasteiger charge is 2.24. The van der Waals surface area contributed by atoms with Gasteiger partial charge in [-0.3, -0.25) is 4.98 Å². The maximum atomic E-state index is 4.98. The number of rotatable bonds is 4. The van der Waals surface area contributed by atoms with Gasteiger partial charge >= 0.3 is 0 Å². The summed E-state index contributed by atoms with van der Waals surface area (Å²) in [5, 5.41) is 14.5. The lowest BCUT2D eigenvalue weighted by Crippen LogP contribution is -1.95. The number of aromatic nitrogens is 5. The van der Waals surface area contributed by atoms with Crippen LogP contribution in [0.2, 0.25) is 0 Å². The van der Waals surface area contributed by atoms with Gasteiger partial charge in [0.2, 0.25) is 0 Å². The molecule has 1 aliphatic carbocycles. The fourth-order valence-electron chi connectivity index (χ4n) is 8.11. The average molecular weight is 652 g/mol. The molecule has 0 radical (unpaired) electrons. The molecule has 0 amide bonds. The number of para-hydroxylation sites is 4. The molecule has 11 rings (SSSR count). The Balaban J connectivity index is 1.03.